The summed E-state index contributed by atoms with van der Waals surface area (Å²) in [4.78, 5) is 0. The molecule has 1 N–H and O–H groups in total. The van der Waals surface area contributed by atoms with E-state index in [4.69, 9.17) is 14.6 Å². The summed E-state index contributed by atoms with van der Waals surface area (Å²) in [6, 6.07) is 7.84. The zero-order valence-corrected chi connectivity index (χ0v) is 10.4. The Morgan fingerprint density at radius 3 is 3.06 bits per heavy atom. The first-order chi connectivity index (χ1) is 8.90. The Morgan fingerprint density at radius 2 is 2.28 bits per heavy atom. The van der Waals surface area contributed by atoms with Crippen molar-refractivity contribution in [2.45, 2.75) is 25.6 Å². The van der Waals surface area contributed by atoms with Gasteiger partial charge in [0.25, 0.3) is 0 Å². The summed E-state index contributed by atoms with van der Waals surface area (Å²) in [5.74, 6) is 5.59. The van der Waals surface area contributed by atoms with Gasteiger partial charge >= 0.3 is 0 Å². The van der Waals surface area contributed by atoms with E-state index in [-0.39, 0.29) is 12.7 Å². The Hall–Kier alpha value is -1.34. The fourth-order valence-electron chi connectivity index (χ4n) is 1.98. The van der Waals surface area contributed by atoms with E-state index >= 15 is 0 Å². The highest BCUT2D eigenvalue weighted by atomic mass is 16.5. The number of hydrogen-bond acceptors (Lipinski definition) is 3. The first-order valence-corrected chi connectivity index (χ1v) is 6.27. The van der Waals surface area contributed by atoms with E-state index in [1.807, 2.05) is 24.3 Å². The van der Waals surface area contributed by atoms with Crippen molar-refractivity contribution in [3.63, 3.8) is 0 Å². The number of ether oxygens (including phenoxy) is 2. The molecule has 1 aliphatic heterocycles. The fourth-order valence-corrected chi connectivity index (χ4v) is 1.98. The van der Waals surface area contributed by atoms with E-state index in [1.54, 1.807) is 0 Å². The molecule has 3 nitrogen and oxygen atoms in total. The molecule has 18 heavy (non-hydrogen) atoms. The maximum atomic E-state index is 8.72. The molecule has 1 unspecified atom stereocenters. The third-order valence-electron chi connectivity index (χ3n) is 2.90. The molecule has 96 valence electrons. The van der Waals surface area contributed by atoms with E-state index < -0.39 is 0 Å². The second kappa shape index (κ2) is 7.17. The van der Waals surface area contributed by atoms with Crippen LogP contribution in [0.25, 0.3) is 0 Å². The van der Waals surface area contributed by atoms with Gasteiger partial charge in [0.15, 0.2) is 0 Å². The quantitative estimate of drug-likeness (QED) is 0.822. The number of benzene rings is 1. The van der Waals surface area contributed by atoms with Gasteiger partial charge in [-0.1, -0.05) is 30.0 Å². The SMILES string of the molecule is OCC#Cc1ccccc1COCC1CCCO1. The van der Waals surface area contributed by atoms with Crippen molar-refractivity contribution in [3.05, 3.63) is 35.4 Å². The van der Waals surface area contributed by atoms with E-state index in [9.17, 15) is 0 Å². The first kappa shape index (κ1) is 13.1. The lowest BCUT2D eigenvalue weighted by Gasteiger charge is -2.10. The summed E-state index contributed by atoms with van der Waals surface area (Å²) in [5.41, 5.74) is 1.97. The number of hydrogen-bond donors (Lipinski definition) is 1. The van der Waals surface area contributed by atoms with Gasteiger partial charge in [-0.2, -0.15) is 0 Å². The molecule has 1 saturated heterocycles. The third kappa shape index (κ3) is 3.85. The molecule has 0 amide bonds. The molecule has 3 heteroatoms. The molecule has 0 radical (unpaired) electrons. The van der Waals surface area contributed by atoms with E-state index in [0.29, 0.717) is 13.2 Å². The lowest BCUT2D eigenvalue weighted by Crippen LogP contribution is -2.14. The molecular weight excluding hydrogens is 228 g/mol. The van der Waals surface area contributed by atoms with Crippen LogP contribution in [0.4, 0.5) is 0 Å². The summed E-state index contributed by atoms with van der Waals surface area (Å²) < 4.78 is 11.2. The van der Waals surface area contributed by atoms with Gasteiger partial charge in [-0.05, 0) is 24.5 Å². The molecule has 0 bridgehead atoms. The summed E-state index contributed by atoms with van der Waals surface area (Å²) in [6.45, 7) is 1.91. The predicted octanol–water partition coefficient (Wildman–Crippen LogP) is 1.73. The van der Waals surface area contributed by atoms with E-state index in [0.717, 1.165) is 30.6 Å². The maximum Gasteiger partial charge on any atom is 0.104 e. The van der Waals surface area contributed by atoms with Crippen molar-refractivity contribution in [1.29, 1.82) is 0 Å². The highest BCUT2D eigenvalue weighted by Gasteiger charge is 2.15. The van der Waals surface area contributed by atoms with Crippen molar-refractivity contribution in [1.82, 2.24) is 0 Å². The molecule has 0 aromatic heterocycles. The van der Waals surface area contributed by atoms with Gasteiger partial charge in [0.1, 0.15) is 6.61 Å². The van der Waals surface area contributed by atoms with Gasteiger partial charge in [0, 0.05) is 12.2 Å². The van der Waals surface area contributed by atoms with Gasteiger partial charge in [0.05, 0.1) is 19.3 Å². The Morgan fingerprint density at radius 1 is 1.39 bits per heavy atom. The zero-order valence-electron chi connectivity index (χ0n) is 10.4. The Balaban J connectivity index is 1.87. The lowest BCUT2D eigenvalue weighted by atomic mass is 10.1. The van der Waals surface area contributed by atoms with Gasteiger partial charge in [0.2, 0.25) is 0 Å². The second-order valence-electron chi connectivity index (χ2n) is 4.27. The molecule has 1 aromatic rings. The standard InChI is InChI=1S/C15H18O3/c16-9-3-7-13-5-1-2-6-14(13)11-17-12-15-8-4-10-18-15/h1-2,5-6,15-16H,4,8-12H2. The highest BCUT2D eigenvalue weighted by Crippen LogP contribution is 2.14. The molecule has 1 aromatic carbocycles. The van der Waals surface area contributed by atoms with Crippen LogP contribution in [0.1, 0.15) is 24.0 Å². The molecule has 1 aliphatic rings. The van der Waals surface area contributed by atoms with Crippen molar-refractivity contribution in [3.8, 4) is 11.8 Å². The van der Waals surface area contributed by atoms with Crippen molar-refractivity contribution in [2.75, 3.05) is 19.8 Å². The number of rotatable bonds is 4. The van der Waals surface area contributed by atoms with Crippen molar-refractivity contribution in [2.24, 2.45) is 0 Å². The van der Waals surface area contributed by atoms with Crippen LogP contribution in [0.2, 0.25) is 0 Å². The highest BCUT2D eigenvalue weighted by molar-refractivity contribution is 5.40. The molecule has 2 rings (SSSR count). The number of aliphatic hydroxyl groups excluding tert-OH is 1. The minimum Gasteiger partial charge on any atom is -0.384 e. The van der Waals surface area contributed by atoms with Crippen LogP contribution in [0.5, 0.6) is 0 Å². The van der Waals surface area contributed by atoms with Gasteiger partial charge in [-0.25, -0.2) is 0 Å². The minimum atomic E-state index is -0.120. The Kier molecular flexibility index (Phi) is 5.22. The summed E-state index contributed by atoms with van der Waals surface area (Å²) in [6.07, 6.45) is 2.47. The molecule has 0 saturated carbocycles. The van der Waals surface area contributed by atoms with Crippen molar-refractivity contribution < 1.29 is 14.6 Å². The van der Waals surface area contributed by atoms with Crippen LogP contribution in [0.3, 0.4) is 0 Å². The molecule has 1 heterocycles. The average Bonchev–Trinajstić information content (AvgIpc) is 2.91. The fraction of sp³-hybridized carbons (Fsp3) is 0.467. The zero-order chi connectivity index (χ0) is 12.6. The maximum absolute atomic E-state index is 8.72. The predicted molar refractivity (Wildman–Crippen MR) is 69.0 cm³/mol. The molecule has 0 aliphatic carbocycles. The third-order valence-corrected chi connectivity index (χ3v) is 2.90. The van der Waals surface area contributed by atoms with Crippen LogP contribution < -0.4 is 0 Å². The lowest BCUT2D eigenvalue weighted by molar-refractivity contribution is 0.0105. The summed E-state index contributed by atoms with van der Waals surface area (Å²) >= 11 is 0. The normalized spacial score (nSPS) is 18.4. The summed E-state index contributed by atoms with van der Waals surface area (Å²) in [7, 11) is 0. The average molecular weight is 246 g/mol. The largest absolute Gasteiger partial charge is 0.384 e. The van der Waals surface area contributed by atoms with Gasteiger partial charge < -0.3 is 14.6 Å². The Bertz CT molecular complexity index is 425. The van der Waals surface area contributed by atoms with Crippen molar-refractivity contribution >= 4 is 0 Å². The molecule has 1 fully saturated rings. The molecule has 0 spiro atoms. The second-order valence-corrected chi connectivity index (χ2v) is 4.27. The molecule has 1 atom stereocenters. The van der Waals surface area contributed by atoms with Crippen LogP contribution in [0, 0.1) is 11.8 Å². The van der Waals surface area contributed by atoms with E-state index in [1.165, 1.54) is 0 Å². The number of aliphatic hydroxyl groups is 1. The van der Waals surface area contributed by atoms with Crippen LogP contribution in [0.15, 0.2) is 24.3 Å². The van der Waals surface area contributed by atoms with Gasteiger partial charge in [-0.3, -0.25) is 0 Å². The summed E-state index contributed by atoms with van der Waals surface area (Å²) in [5, 5.41) is 8.72. The minimum absolute atomic E-state index is 0.120. The van der Waals surface area contributed by atoms with E-state index in [2.05, 4.69) is 11.8 Å². The smallest absolute Gasteiger partial charge is 0.104 e. The van der Waals surface area contributed by atoms with Crippen LogP contribution >= 0.6 is 0 Å². The Labute approximate surface area is 108 Å². The molecular formula is C15H18O3. The first-order valence-electron chi connectivity index (χ1n) is 6.27. The van der Waals surface area contributed by atoms with Crippen LogP contribution in [-0.4, -0.2) is 31.0 Å². The van der Waals surface area contributed by atoms with Crippen LogP contribution in [-0.2, 0) is 16.1 Å². The van der Waals surface area contributed by atoms with Gasteiger partial charge in [-0.15, -0.1) is 0 Å². The monoisotopic (exact) mass is 246 g/mol. The topological polar surface area (TPSA) is 38.7 Å².